The van der Waals surface area contributed by atoms with E-state index in [9.17, 15) is 41.8 Å². The van der Waals surface area contributed by atoms with E-state index in [1.165, 1.54) is 54.7 Å². The highest BCUT2D eigenvalue weighted by Crippen LogP contribution is 2.43. The van der Waals surface area contributed by atoms with Crippen molar-refractivity contribution in [2.24, 2.45) is 21.8 Å². The van der Waals surface area contributed by atoms with Crippen molar-refractivity contribution in [3.63, 3.8) is 0 Å². The summed E-state index contributed by atoms with van der Waals surface area (Å²) in [6.45, 7) is 5.32. The van der Waals surface area contributed by atoms with Gasteiger partial charge in [0.25, 0.3) is 0 Å². The first-order chi connectivity index (χ1) is 26.8. The van der Waals surface area contributed by atoms with Crippen LogP contribution in [0.2, 0.25) is 0 Å². The van der Waals surface area contributed by atoms with Gasteiger partial charge < -0.3 is 32.1 Å². The largest absolute Gasteiger partial charge is 0.508 e. The number of aromatic nitrogens is 2. The van der Waals surface area contributed by atoms with Crippen LogP contribution >= 0.6 is 0 Å². The number of phenolic OH excluding ortho intramolecular Hbond substituents is 2. The average molecular weight is 789 g/mol. The summed E-state index contributed by atoms with van der Waals surface area (Å²) in [6.07, 6.45) is -4.57. The maximum absolute atomic E-state index is 13.6. The van der Waals surface area contributed by atoms with Gasteiger partial charge in [0, 0.05) is 57.7 Å². The van der Waals surface area contributed by atoms with Crippen LogP contribution in [0.5, 0.6) is 11.5 Å². The third-order valence-corrected chi connectivity index (χ3v) is 8.86. The fourth-order valence-electron chi connectivity index (χ4n) is 6.06. The van der Waals surface area contributed by atoms with E-state index in [-0.39, 0.29) is 33.8 Å². The molecule has 0 unspecified atom stereocenters. The number of hydrogen-bond acceptors (Lipinski definition) is 8. The predicted molar refractivity (Wildman–Crippen MR) is 203 cm³/mol. The molecule has 0 fully saturated rings. The molecule has 0 atom stereocenters. The lowest BCUT2D eigenvalue weighted by atomic mass is 9.87. The number of rotatable bonds is 6. The molecular weight excluding hydrogens is 754 g/mol. The van der Waals surface area contributed by atoms with E-state index in [4.69, 9.17) is 16.7 Å². The minimum atomic E-state index is -4.64. The van der Waals surface area contributed by atoms with Gasteiger partial charge in [-0.25, -0.2) is 0 Å². The first-order valence-corrected chi connectivity index (χ1v) is 16.7. The van der Waals surface area contributed by atoms with Crippen LogP contribution in [0.15, 0.2) is 114 Å². The van der Waals surface area contributed by atoms with Gasteiger partial charge in [-0.05, 0) is 115 Å². The van der Waals surface area contributed by atoms with Crippen LogP contribution in [0.3, 0.4) is 0 Å². The Morgan fingerprint density at radius 3 is 1.42 bits per heavy atom. The van der Waals surface area contributed by atoms with Gasteiger partial charge in [-0.3, -0.25) is 9.97 Å². The lowest BCUT2D eigenvalue weighted by Gasteiger charge is -2.20. The molecule has 0 saturated carbocycles. The Morgan fingerprint density at radius 1 is 0.579 bits per heavy atom. The van der Waals surface area contributed by atoms with Crippen LogP contribution in [0.1, 0.15) is 39.1 Å². The Labute approximate surface area is 321 Å². The fourth-order valence-corrected chi connectivity index (χ4v) is 6.06. The maximum atomic E-state index is 13.6. The third-order valence-electron chi connectivity index (χ3n) is 8.86. The number of amidine groups is 2. The van der Waals surface area contributed by atoms with E-state index >= 15 is 0 Å². The fraction of sp³-hybridized carbons (Fsp3) is 0.122. The molecule has 0 radical (unpaired) electrons. The van der Waals surface area contributed by atoms with Crippen LogP contribution in [0.25, 0.3) is 44.5 Å². The zero-order valence-corrected chi connectivity index (χ0v) is 30.3. The Bertz CT molecular complexity index is 2480. The molecule has 2 aromatic heterocycles. The molecule has 16 heteroatoms. The maximum Gasteiger partial charge on any atom is 0.416 e. The van der Waals surface area contributed by atoms with Gasteiger partial charge in [0.15, 0.2) is 11.7 Å². The van der Waals surface area contributed by atoms with Gasteiger partial charge in [-0.1, -0.05) is 34.6 Å². The first-order valence-electron chi connectivity index (χ1n) is 16.7. The Hall–Kier alpha value is -7.10. The summed E-state index contributed by atoms with van der Waals surface area (Å²) in [4.78, 5) is 8.36. The number of halogens is 6. The molecule has 0 spiro atoms. The summed E-state index contributed by atoms with van der Waals surface area (Å²) in [6, 6.07) is 18.7. The Morgan fingerprint density at radius 2 is 1.02 bits per heavy atom. The minimum Gasteiger partial charge on any atom is -0.508 e. The molecule has 0 saturated heterocycles. The summed E-state index contributed by atoms with van der Waals surface area (Å²) in [5.74, 6) is -0.949. The second-order valence-corrected chi connectivity index (χ2v) is 12.8. The number of nitrogens with two attached hydrogens (primary N) is 2. The molecule has 0 amide bonds. The zero-order valence-electron chi connectivity index (χ0n) is 30.3. The average Bonchev–Trinajstić information content (AvgIpc) is 3.17. The first kappa shape index (κ1) is 41.1. The highest BCUT2D eigenvalue weighted by Gasteiger charge is 2.35. The molecule has 10 nitrogen and oxygen atoms in total. The van der Waals surface area contributed by atoms with E-state index in [0.29, 0.717) is 39.1 Å². The number of benzene rings is 4. The second kappa shape index (κ2) is 16.3. The number of oxime groups is 2. The number of phenols is 2. The quantitative estimate of drug-likeness (QED) is 0.0317. The summed E-state index contributed by atoms with van der Waals surface area (Å²) >= 11 is 0. The second-order valence-electron chi connectivity index (χ2n) is 12.8. The highest BCUT2D eigenvalue weighted by atomic mass is 19.4. The predicted octanol–water partition coefficient (Wildman–Crippen LogP) is 9.39. The molecule has 2 heterocycles. The van der Waals surface area contributed by atoms with Gasteiger partial charge in [0.2, 0.25) is 0 Å². The van der Waals surface area contributed by atoms with E-state index in [0.717, 1.165) is 35.4 Å². The monoisotopic (exact) mass is 788 g/mol. The van der Waals surface area contributed by atoms with Crippen molar-refractivity contribution in [2.45, 2.75) is 33.1 Å². The van der Waals surface area contributed by atoms with Crippen LogP contribution in [0.4, 0.5) is 26.3 Å². The Balaban J connectivity index is 0.000000218. The van der Waals surface area contributed by atoms with Crippen molar-refractivity contribution >= 4 is 11.7 Å². The summed E-state index contributed by atoms with van der Waals surface area (Å²) in [5, 5.41) is 43.3. The molecule has 6 aromatic rings. The molecule has 6 rings (SSSR count). The zero-order chi connectivity index (χ0) is 41.8. The number of hydrogen-bond donors (Lipinski definition) is 6. The van der Waals surface area contributed by atoms with Crippen molar-refractivity contribution in [3.8, 4) is 56.0 Å². The van der Waals surface area contributed by atoms with Crippen molar-refractivity contribution in [3.05, 3.63) is 143 Å². The minimum absolute atomic E-state index is 0.0210. The summed E-state index contributed by atoms with van der Waals surface area (Å²) in [7, 11) is 0. The van der Waals surface area contributed by atoms with E-state index in [2.05, 4.69) is 20.3 Å². The van der Waals surface area contributed by atoms with Crippen LogP contribution in [-0.4, -0.2) is 42.3 Å². The number of aromatic hydroxyl groups is 2. The highest BCUT2D eigenvalue weighted by molar-refractivity contribution is 6.08. The summed E-state index contributed by atoms with van der Waals surface area (Å²) in [5.41, 5.74) is 14.7. The molecule has 0 bridgehead atoms. The van der Waals surface area contributed by atoms with E-state index < -0.39 is 35.2 Å². The number of nitrogens with zero attached hydrogens (tertiary/aromatic N) is 4. The number of aryl methyl sites for hydroxylation is 3. The third kappa shape index (κ3) is 9.07. The normalized spacial score (nSPS) is 12.2. The van der Waals surface area contributed by atoms with Crippen LogP contribution in [-0.2, 0) is 12.4 Å². The molecule has 294 valence electrons. The van der Waals surface area contributed by atoms with Gasteiger partial charge in [0.05, 0.1) is 11.1 Å². The van der Waals surface area contributed by atoms with Crippen LogP contribution in [0, 0.1) is 20.8 Å². The number of pyridine rings is 2. The molecular formula is C41H34F6N6O4. The lowest BCUT2D eigenvalue weighted by Crippen LogP contribution is -2.17. The van der Waals surface area contributed by atoms with Crippen molar-refractivity contribution in [1.29, 1.82) is 0 Å². The van der Waals surface area contributed by atoms with Gasteiger partial charge in [0.1, 0.15) is 11.5 Å². The number of alkyl halides is 6. The van der Waals surface area contributed by atoms with Crippen molar-refractivity contribution in [2.75, 3.05) is 0 Å². The van der Waals surface area contributed by atoms with E-state index in [1.807, 2.05) is 6.92 Å². The topological polar surface area (TPSA) is 183 Å². The molecule has 57 heavy (non-hydrogen) atoms. The van der Waals surface area contributed by atoms with Crippen molar-refractivity contribution < 1.29 is 47.0 Å². The molecule has 0 aliphatic rings. The summed E-state index contributed by atoms with van der Waals surface area (Å²) < 4.78 is 81.3. The Kier molecular flexibility index (Phi) is 11.8. The molecule has 0 aliphatic carbocycles. The molecule has 8 N–H and O–H groups in total. The standard InChI is InChI=1S/C21H18F3N3O2.C20H16F3N3O2/c1-11-7-16(12(2)26-10-11)19-17(13-3-5-15(28)6-4-13)8-14(21(22,23)24)9-18(19)20(25)27-29;1-11-6-7-25-10-17(11)18-15(12-2-4-14(27)5-3-12)8-13(20(21,22)23)9-16(18)19(24)26-28/h3-10,28-29H,1-2H3,(H2,25,27);2-10,27-28H,1H3,(H2,24,26). The lowest BCUT2D eigenvalue weighted by molar-refractivity contribution is -0.138. The molecule has 4 aromatic carbocycles. The van der Waals surface area contributed by atoms with Crippen LogP contribution < -0.4 is 11.5 Å². The van der Waals surface area contributed by atoms with Gasteiger partial charge in [-0.15, -0.1) is 0 Å². The SMILES string of the molecule is Cc1ccncc1-c1c(C(N)=NO)cc(C(F)(F)F)cc1-c1ccc(O)cc1.Cc1cnc(C)c(-c2c(C(N)=NO)cc(C(F)(F)F)cc2-c2ccc(O)cc2)c1. The van der Waals surface area contributed by atoms with Crippen molar-refractivity contribution in [1.82, 2.24) is 9.97 Å². The molecule has 0 aliphatic heterocycles. The van der Waals surface area contributed by atoms with E-state index in [1.54, 1.807) is 38.4 Å². The smallest absolute Gasteiger partial charge is 0.416 e. The van der Waals surface area contributed by atoms with Gasteiger partial charge >= 0.3 is 12.4 Å². The van der Waals surface area contributed by atoms with Gasteiger partial charge in [-0.2, -0.15) is 26.3 Å².